The molecule has 0 fully saturated rings. The van der Waals surface area contributed by atoms with E-state index in [-0.39, 0.29) is 18.4 Å². The molecular formula is C13H15NO3. The van der Waals surface area contributed by atoms with Crippen LogP contribution in [0.5, 0.6) is 0 Å². The fourth-order valence-corrected chi connectivity index (χ4v) is 1.35. The number of allylic oxidation sites excluding steroid dienone is 1. The number of aliphatic hydroxyl groups excluding tert-OH is 1. The van der Waals surface area contributed by atoms with Gasteiger partial charge in [0.25, 0.3) is 11.8 Å². The number of unbranched alkanes of at least 4 members (excludes halogenated alkanes) is 1. The summed E-state index contributed by atoms with van der Waals surface area (Å²) in [7, 11) is 0. The highest BCUT2D eigenvalue weighted by molar-refractivity contribution is 6.21. The van der Waals surface area contributed by atoms with Crippen LogP contribution in [0.3, 0.4) is 0 Å². The van der Waals surface area contributed by atoms with Crippen LogP contribution in [-0.2, 0) is 0 Å². The number of imide groups is 1. The molecule has 4 nitrogen and oxygen atoms in total. The minimum atomic E-state index is -0.300. The van der Waals surface area contributed by atoms with E-state index in [4.69, 9.17) is 5.11 Å². The van der Waals surface area contributed by atoms with Gasteiger partial charge >= 0.3 is 0 Å². The van der Waals surface area contributed by atoms with E-state index in [1.54, 1.807) is 30.3 Å². The van der Waals surface area contributed by atoms with Crippen molar-refractivity contribution in [1.29, 1.82) is 0 Å². The molecule has 0 aliphatic carbocycles. The van der Waals surface area contributed by atoms with E-state index in [1.807, 2.05) is 0 Å². The van der Waals surface area contributed by atoms with Crippen molar-refractivity contribution >= 4 is 11.8 Å². The molecule has 0 saturated heterocycles. The van der Waals surface area contributed by atoms with Crippen LogP contribution < -0.4 is 5.32 Å². The summed E-state index contributed by atoms with van der Waals surface area (Å²) in [6.45, 7) is 3.77. The fraction of sp³-hybridized carbons (Fsp3) is 0.231. The molecule has 0 bridgehead atoms. The SMILES string of the molecule is C=CCCCO.O=C1NC(=O)c2ccccc21. The smallest absolute Gasteiger partial charge is 0.258 e. The molecule has 2 amide bonds. The number of carbonyl (C=O) groups is 2. The lowest BCUT2D eigenvalue weighted by Crippen LogP contribution is -2.19. The Hall–Kier alpha value is -1.94. The largest absolute Gasteiger partial charge is 0.396 e. The minimum absolute atomic E-state index is 0.284. The molecule has 0 saturated carbocycles. The zero-order chi connectivity index (χ0) is 12.7. The van der Waals surface area contributed by atoms with Gasteiger partial charge in [-0.05, 0) is 25.0 Å². The van der Waals surface area contributed by atoms with Gasteiger partial charge in [0.15, 0.2) is 0 Å². The van der Waals surface area contributed by atoms with Gasteiger partial charge in [-0.25, -0.2) is 0 Å². The molecule has 1 aliphatic heterocycles. The highest BCUT2D eigenvalue weighted by Crippen LogP contribution is 2.13. The number of carbonyl (C=O) groups excluding carboxylic acids is 2. The van der Waals surface area contributed by atoms with Crippen molar-refractivity contribution in [3.8, 4) is 0 Å². The first-order valence-electron chi connectivity index (χ1n) is 5.37. The Bertz CT molecular complexity index is 393. The van der Waals surface area contributed by atoms with Gasteiger partial charge in [0.2, 0.25) is 0 Å². The lowest BCUT2D eigenvalue weighted by molar-refractivity contribution is 0.0879. The van der Waals surface area contributed by atoms with E-state index in [9.17, 15) is 9.59 Å². The van der Waals surface area contributed by atoms with Crippen molar-refractivity contribution in [2.45, 2.75) is 12.8 Å². The molecule has 2 rings (SSSR count). The lowest BCUT2D eigenvalue weighted by atomic mass is 10.1. The second-order valence-electron chi connectivity index (χ2n) is 3.48. The third-order valence-electron chi connectivity index (χ3n) is 2.21. The van der Waals surface area contributed by atoms with Crippen LogP contribution >= 0.6 is 0 Å². The molecule has 0 spiro atoms. The van der Waals surface area contributed by atoms with Crippen LogP contribution in [0.4, 0.5) is 0 Å². The highest BCUT2D eigenvalue weighted by Gasteiger charge is 2.25. The minimum Gasteiger partial charge on any atom is -0.396 e. The molecule has 2 N–H and O–H groups in total. The molecule has 1 aromatic rings. The molecule has 0 unspecified atom stereocenters. The van der Waals surface area contributed by atoms with E-state index < -0.39 is 0 Å². The number of benzene rings is 1. The molecule has 1 aliphatic rings. The summed E-state index contributed by atoms with van der Waals surface area (Å²) >= 11 is 0. The molecule has 0 atom stereocenters. The Morgan fingerprint density at radius 1 is 1.18 bits per heavy atom. The van der Waals surface area contributed by atoms with Crippen molar-refractivity contribution in [3.05, 3.63) is 48.0 Å². The predicted octanol–water partition coefficient (Wildman–Crippen LogP) is 1.52. The van der Waals surface area contributed by atoms with Crippen LogP contribution in [0.1, 0.15) is 33.6 Å². The van der Waals surface area contributed by atoms with Crippen molar-refractivity contribution < 1.29 is 14.7 Å². The van der Waals surface area contributed by atoms with Crippen LogP contribution in [0, 0.1) is 0 Å². The third kappa shape index (κ3) is 3.53. The maximum absolute atomic E-state index is 10.9. The number of amides is 2. The monoisotopic (exact) mass is 233 g/mol. The molecule has 1 heterocycles. The summed E-state index contributed by atoms with van der Waals surface area (Å²) in [6.07, 6.45) is 3.58. The molecule has 4 heteroatoms. The van der Waals surface area contributed by atoms with Gasteiger partial charge in [-0.1, -0.05) is 18.2 Å². The average molecular weight is 233 g/mol. The van der Waals surface area contributed by atoms with Crippen molar-refractivity contribution in [2.75, 3.05) is 6.61 Å². The van der Waals surface area contributed by atoms with Gasteiger partial charge in [-0.15, -0.1) is 6.58 Å². The number of fused-ring (bicyclic) bond motifs is 1. The van der Waals surface area contributed by atoms with Gasteiger partial charge in [0.1, 0.15) is 0 Å². The molecular weight excluding hydrogens is 218 g/mol. The van der Waals surface area contributed by atoms with Crippen molar-refractivity contribution in [2.24, 2.45) is 0 Å². The summed E-state index contributed by atoms with van der Waals surface area (Å²) < 4.78 is 0. The average Bonchev–Trinajstić information content (AvgIpc) is 2.64. The van der Waals surface area contributed by atoms with Crippen molar-refractivity contribution in [1.82, 2.24) is 5.32 Å². The Balaban J connectivity index is 0.000000209. The van der Waals surface area contributed by atoms with Gasteiger partial charge < -0.3 is 5.11 Å². The van der Waals surface area contributed by atoms with Gasteiger partial charge in [0.05, 0.1) is 11.1 Å². The van der Waals surface area contributed by atoms with E-state index in [2.05, 4.69) is 11.9 Å². The number of hydrogen-bond donors (Lipinski definition) is 2. The van der Waals surface area contributed by atoms with E-state index in [1.165, 1.54) is 0 Å². The van der Waals surface area contributed by atoms with Gasteiger partial charge in [-0.3, -0.25) is 14.9 Å². The third-order valence-corrected chi connectivity index (χ3v) is 2.21. The predicted molar refractivity (Wildman–Crippen MR) is 64.8 cm³/mol. The molecule has 90 valence electrons. The Kier molecular flexibility index (Phi) is 5.10. The first kappa shape index (κ1) is 13.1. The van der Waals surface area contributed by atoms with E-state index in [0.29, 0.717) is 11.1 Å². The summed E-state index contributed by atoms with van der Waals surface area (Å²) in [4.78, 5) is 21.9. The van der Waals surface area contributed by atoms with Crippen molar-refractivity contribution in [3.63, 3.8) is 0 Å². The van der Waals surface area contributed by atoms with Crippen LogP contribution in [0.15, 0.2) is 36.9 Å². The maximum atomic E-state index is 10.9. The normalized spacial score (nSPS) is 12.3. The second-order valence-corrected chi connectivity index (χ2v) is 3.48. The quantitative estimate of drug-likeness (QED) is 0.472. The molecule has 0 radical (unpaired) electrons. The first-order valence-corrected chi connectivity index (χ1v) is 5.37. The standard InChI is InChI=1S/C8H5NO2.C5H10O/c10-7-5-3-1-2-4-6(5)8(11)9-7;1-2-3-4-5-6/h1-4H,(H,9,10,11);2,6H,1,3-5H2. The maximum Gasteiger partial charge on any atom is 0.258 e. The molecule has 1 aromatic carbocycles. The molecule has 17 heavy (non-hydrogen) atoms. The second kappa shape index (κ2) is 6.60. The van der Waals surface area contributed by atoms with Crippen LogP contribution in [0.25, 0.3) is 0 Å². The highest BCUT2D eigenvalue weighted by atomic mass is 16.3. The van der Waals surface area contributed by atoms with Crippen LogP contribution in [-0.4, -0.2) is 23.5 Å². The summed E-state index contributed by atoms with van der Waals surface area (Å²) in [5, 5.41) is 10.4. The summed E-state index contributed by atoms with van der Waals surface area (Å²) in [5.74, 6) is -0.601. The Morgan fingerprint density at radius 2 is 1.71 bits per heavy atom. The zero-order valence-electron chi connectivity index (χ0n) is 9.48. The van der Waals surface area contributed by atoms with E-state index in [0.717, 1.165) is 12.8 Å². The van der Waals surface area contributed by atoms with Crippen LogP contribution in [0.2, 0.25) is 0 Å². The number of rotatable bonds is 3. The van der Waals surface area contributed by atoms with Gasteiger partial charge in [-0.2, -0.15) is 0 Å². The van der Waals surface area contributed by atoms with E-state index >= 15 is 0 Å². The lowest BCUT2D eigenvalue weighted by Gasteiger charge is -1.88. The topological polar surface area (TPSA) is 66.4 Å². The fourth-order valence-electron chi connectivity index (χ4n) is 1.35. The summed E-state index contributed by atoms with van der Waals surface area (Å²) in [6, 6.07) is 6.74. The Labute approximate surface area is 100.0 Å². The van der Waals surface area contributed by atoms with Gasteiger partial charge in [0, 0.05) is 6.61 Å². The number of aliphatic hydroxyl groups is 1. The zero-order valence-corrected chi connectivity index (χ0v) is 9.48. The molecule has 0 aromatic heterocycles. The summed E-state index contributed by atoms with van der Waals surface area (Å²) in [5.41, 5.74) is 0.940. The Morgan fingerprint density at radius 3 is 2.06 bits per heavy atom. The first-order chi connectivity index (χ1) is 8.20. The number of hydrogen-bond acceptors (Lipinski definition) is 3. The number of nitrogens with one attached hydrogen (secondary N) is 1.